The second-order valence-corrected chi connectivity index (χ2v) is 5.15. The normalized spacial score (nSPS) is 12.3. The Morgan fingerprint density at radius 1 is 1.32 bits per heavy atom. The maximum Gasteiger partial charge on any atom is 0.242 e. The SMILES string of the molecule is CCc1cc(NC(C)C(=O)NCC(C)C)nc(C)n1. The summed E-state index contributed by atoms with van der Waals surface area (Å²) in [6.45, 7) is 10.6. The van der Waals surface area contributed by atoms with E-state index < -0.39 is 0 Å². The summed E-state index contributed by atoms with van der Waals surface area (Å²) < 4.78 is 0. The fourth-order valence-electron chi connectivity index (χ4n) is 1.63. The van der Waals surface area contributed by atoms with E-state index in [0.717, 1.165) is 17.9 Å². The summed E-state index contributed by atoms with van der Waals surface area (Å²) in [5.41, 5.74) is 0.977. The summed E-state index contributed by atoms with van der Waals surface area (Å²) in [5, 5.41) is 6.02. The van der Waals surface area contributed by atoms with Gasteiger partial charge in [0, 0.05) is 18.3 Å². The molecule has 19 heavy (non-hydrogen) atoms. The molecule has 0 radical (unpaired) electrons. The monoisotopic (exact) mass is 264 g/mol. The number of carbonyl (C=O) groups excluding carboxylic acids is 1. The Balaban J connectivity index is 2.63. The highest BCUT2D eigenvalue weighted by atomic mass is 16.2. The van der Waals surface area contributed by atoms with Crippen molar-refractivity contribution >= 4 is 11.7 Å². The van der Waals surface area contributed by atoms with Crippen LogP contribution in [0.3, 0.4) is 0 Å². The molecule has 0 bridgehead atoms. The number of carbonyl (C=O) groups is 1. The standard InChI is InChI=1S/C14H24N4O/c1-6-12-7-13(18-11(5)17-12)16-10(4)14(19)15-8-9(2)3/h7,9-10H,6,8H2,1-5H3,(H,15,19)(H,16,17,18). The molecule has 1 aromatic heterocycles. The molecule has 0 aliphatic heterocycles. The Labute approximate surface area is 115 Å². The first-order valence-electron chi connectivity index (χ1n) is 6.81. The van der Waals surface area contributed by atoms with Gasteiger partial charge >= 0.3 is 0 Å². The number of rotatable bonds is 6. The average molecular weight is 264 g/mol. The van der Waals surface area contributed by atoms with Gasteiger partial charge in [0.15, 0.2) is 0 Å². The quantitative estimate of drug-likeness (QED) is 0.823. The molecule has 5 heteroatoms. The number of anilines is 1. The van der Waals surface area contributed by atoms with Gasteiger partial charge in [-0.05, 0) is 26.2 Å². The molecule has 1 aromatic rings. The van der Waals surface area contributed by atoms with Gasteiger partial charge in [0.1, 0.15) is 17.7 Å². The Morgan fingerprint density at radius 2 is 2.00 bits per heavy atom. The first kappa shape index (κ1) is 15.4. The third-order valence-electron chi connectivity index (χ3n) is 2.70. The lowest BCUT2D eigenvalue weighted by Crippen LogP contribution is -2.39. The van der Waals surface area contributed by atoms with Crippen LogP contribution in [0.5, 0.6) is 0 Å². The Hall–Kier alpha value is -1.65. The topological polar surface area (TPSA) is 66.9 Å². The number of aromatic nitrogens is 2. The average Bonchev–Trinajstić information content (AvgIpc) is 2.34. The fourth-order valence-corrected chi connectivity index (χ4v) is 1.63. The van der Waals surface area contributed by atoms with Crippen molar-refractivity contribution in [1.29, 1.82) is 0 Å². The Morgan fingerprint density at radius 3 is 2.58 bits per heavy atom. The number of hydrogen-bond acceptors (Lipinski definition) is 4. The number of nitrogens with one attached hydrogen (secondary N) is 2. The lowest BCUT2D eigenvalue weighted by atomic mass is 10.2. The molecular formula is C14H24N4O. The lowest BCUT2D eigenvalue weighted by Gasteiger charge is -2.16. The van der Waals surface area contributed by atoms with Gasteiger partial charge in [-0.15, -0.1) is 0 Å². The lowest BCUT2D eigenvalue weighted by molar-refractivity contribution is -0.121. The van der Waals surface area contributed by atoms with Crippen LogP contribution in [0.4, 0.5) is 5.82 Å². The van der Waals surface area contributed by atoms with Crippen LogP contribution in [0.25, 0.3) is 0 Å². The molecule has 2 N–H and O–H groups in total. The summed E-state index contributed by atoms with van der Waals surface area (Å²) in [4.78, 5) is 20.5. The van der Waals surface area contributed by atoms with Gasteiger partial charge in [-0.2, -0.15) is 0 Å². The Kier molecular flexibility index (Phi) is 5.73. The summed E-state index contributed by atoms with van der Waals surface area (Å²) in [6.07, 6.45) is 0.853. The van der Waals surface area contributed by atoms with Crippen molar-refractivity contribution < 1.29 is 4.79 Å². The van der Waals surface area contributed by atoms with E-state index in [4.69, 9.17) is 0 Å². The van der Waals surface area contributed by atoms with Gasteiger partial charge in [-0.3, -0.25) is 4.79 Å². The summed E-state index contributed by atoms with van der Waals surface area (Å²) in [7, 11) is 0. The van der Waals surface area contributed by atoms with Crippen molar-refractivity contribution in [2.45, 2.75) is 47.1 Å². The zero-order chi connectivity index (χ0) is 14.4. The third kappa shape index (κ3) is 5.24. The second kappa shape index (κ2) is 7.07. The minimum Gasteiger partial charge on any atom is -0.359 e. The fraction of sp³-hybridized carbons (Fsp3) is 0.643. The van der Waals surface area contributed by atoms with E-state index in [-0.39, 0.29) is 11.9 Å². The van der Waals surface area contributed by atoms with E-state index in [2.05, 4.69) is 34.4 Å². The van der Waals surface area contributed by atoms with Gasteiger partial charge in [0.2, 0.25) is 5.91 Å². The maximum absolute atomic E-state index is 11.9. The van der Waals surface area contributed by atoms with Crippen molar-refractivity contribution in [3.05, 3.63) is 17.6 Å². The van der Waals surface area contributed by atoms with E-state index in [9.17, 15) is 4.79 Å². The molecule has 1 amide bonds. The van der Waals surface area contributed by atoms with Gasteiger partial charge < -0.3 is 10.6 Å². The highest BCUT2D eigenvalue weighted by Crippen LogP contribution is 2.08. The van der Waals surface area contributed by atoms with Crippen molar-refractivity contribution in [3.8, 4) is 0 Å². The zero-order valence-electron chi connectivity index (χ0n) is 12.4. The van der Waals surface area contributed by atoms with E-state index in [1.165, 1.54) is 0 Å². The zero-order valence-corrected chi connectivity index (χ0v) is 12.4. The van der Waals surface area contributed by atoms with Crippen LogP contribution in [0.15, 0.2) is 6.07 Å². The second-order valence-electron chi connectivity index (χ2n) is 5.15. The van der Waals surface area contributed by atoms with Crippen LogP contribution in [0.1, 0.15) is 39.2 Å². The van der Waals surface area contributed by atoms with Crippen molar-refractivity contribution in [1.82, 2.24) is 15.3 Å². The molecular weight excluding hydrogens is 240 g/mol. The molecule has 0 aromatic carbocycles. The van der Waals surface area contributed by atoms with E-state index >= 15 is 0 Å². The van der Waals surface area contributed by atoms with E-state index in [0.29, 0.717) is 18.3 Å². The van der Waals surface area contributed by atoms with Crippen LogP contribution in [0.2, 0.25) is 0 Å². The number of amides is 1. The minimum absolute atomic E-state index is 0.0111. The van der Waals surface area contributed by atoms with Gasteiger partial charge in [0.05, 0.1) is 0 Å². The van der Waals surface area contributed by atoms with Gasteiger partial charge in [0.25, 0.3) is 0 Å². The molecule has 1 unspecified atom stereocenters. The molecule has 1 rings (SSSR count). The molecule has 0 aliphatic carbocycles. The first-order chi connectivity index (χ1) is 8.92. The van der Waals surface area contributed by atoms with Crippen molar-refractivity contribution in [3.63, 3.8) is 0 Å². The molecule has 0 fully saturated rings. The molecule has 106 valence electrons. The molecule has 0 spiro atoms. The first-order valence-corrected chi connectivity index (χ1v) is 6.81. The molecule has 0 aliphatic rings. The van der Waals surface area contributed by atoms with Crippen LogP contribution in [-0.2, 0) is 11.2 Å². The predicted molar refractivity (Wildman–Crippen MR) is 77.1 cm³/mol. The minimum atomic E-state index is -0.308. The maximum atomic E-state index is 11.9. The highest BCUT2D eigenvalue weighted by molar-refractivity contribution is 5.83. The number of hydrogen-bond donors (Lipinski definition) is 2. The van der Waals surface area contributed by atoms with E-state index in [1.807, 2.05) is 26.8 Å². The van der Waals surface area contributed by atoms with Crippen molar-refractivity contribution in [2.75, 3.05) is 11.9 Å². The molecule has 1 atom stereocenters. The van der Waals surface area contributed by atoms with Crippen LogP contribution in [-0.4, -0.2) is 28.5 Å². The Bertz CT molecular complexity index is 431. The number of nitrogens with zero attached hydrogens (tertiary/aromatic N) is 2. The van der Waals surface area contributed by atoms with Crippen LogP contribution < -0.4 is 10.6 Å². The van der Waals surface area contributed by atoms with Gasteiger partial charge in [-0.25, -0.2) is 9.97 Å². The van der Waals surface area contributed by atoms with Gasteiger partial charge in [-0.1, -0.05) is 20.8 Å². The van der Waals surface area contributed by atoms with Crippen molar-refractivity contribution in [2.24, 2.45) is 5.92 Å². The molecule has 5 nitrogen and oxygen atoms in total. The van der Waals surface area contributed by atoms with E-state index in [1.54, 1.807) is 0 Å². The summed E-state index contributed by atoms with van der Waals surface area (Å²) in [6, 6.07) is 1.58. The predicted octanol–water partition coefficient (Wildman–Crippen LogP) is 1.92. The highest BCUT2D eigenvalue weighted by Gasteiger charge is 2.13. The third-order valence-corrected chi connectivity index (χ3v) is 2.70. The smallest absolute Gasteiger partial charge is 0.242 e. The largest absolute Gasteiger partial charge is 0.359 e. The van der Waals surface area contributed by atoms with Crippen LogP contribution in [0, 0.1) is 12.8 Å². The molecule has 1 heterocycles. The molecule has 0 saturated carbocycles. The summed E-state index contributed by atoms with van der Waals surface area (Å²) in [5.74, 6) is 1.86. The number of aryl methyl sites for hydroxylation is 2. The summed E-state index contributed by atoms with van der Waals surface area (Å²) >= 11 is 0. The van der Waals surface area contributed by atoms with Crippen LogP contribution >= 0.6 is 0 Å². The molecule has 0 saturated heterocycles.